The minimum Gasteiger partial charge on any atom is -0.482 e. The molecule has 0 spiro atoms. The molecule has 156 valence electrons. The van der Waals surface area contributed by atoms with Crippen molar-refractivity contribution >= 4 is 39.0 Å². The van der Waals surface area contributed by atoms with Crippen LogP contribution in [0.4, 0.5) is 0 Å². The SMILES string of the molecule is CCCc1nc2ccc(Br)cc2c(=O)n1N=Cc1ccc(OCC(=O)OCC)cc1. The lowest BCUT2D eigenvalue weighted by Gasteiger charge is -2.09. The van der Waals surface area contributed by atoms with Gasteiger partial charge < -0.3 is 9.47 Å². The summed E-state index contributed by atoms with van der Waals surface area (Å²) in [4.78, 5) is 29.0. The number of aromatic nitrogens is 2. The van der Waals surface area contributed by atoms with E-state index in [0.29, 0.717) is 35.5 Å². The Labute approximate surface area is 182 Å². The maximum atomic E-state index is 13.0. The summed E-state index contributed by atoms with van der Waals surface area (Å²) in [7, 11) is 0. The van der Waals surface area contributed by atoms with Gasteiger partial charge in [0.05, 0.1) is 23.7 Å². The quantitative estimate of drug-likeness (QED) is 0.367. The van der Waals surface area contributed by atoms with Gasteiger partial charge in [-0.1, -0.05) is 22.9 Å². The van der Waals surface area contributed by atoms with Gasteiger partial charge in [-0.15, -0.1) is 0 Å². The first-order chi connectivity index (χ1) is 14.5. The topological polar surface area (TPSA) is 82.8 Å². The van der Waals surface area contributed by atoms with Crippen molar-refractivity contribution in [2.75, 3.05) is 13.2 Å². The molecule has 0 bridgehead atoms. The fraction of sp³-hybridized carbons (Fsp3) is 0.273. The van der Waals surface area contributed by atoms with Crippen molar-refractivity contribution in [2.24, 2.45) is 5.10 Å². The fourth-order valence-corrected chi connectivity index (χ4v) is 3.18. The maximum absolute atomic E-state index is 13.0. The third kappa shape index (κ3) is 5.33. The van der Waals surface area contributed by atoms with Gasteiger partial charge in [-0.05, 0) is 61.4 Å². The Morgan fingerprint density at radius 1 is 1.20 bits per heavy atom. The van der Waals surface area contributed by atoms with Gasteiger partial charge in [-0.3, -0.25) is 4.79 Å². The van der Waals surface area contributed by atoms with Gasteiger partial charge in [-0.2, -0.15) is 9.78 Å². The number of hydrogen-bond acceptors (Lipinski definition) is 6. The largest absolute Gasteiger partial charge is 0.482 e. The molecule has 3 rings (SSSR count). The predicted molar refractivity (Wildman–Crippen MR) is 119 cm³/mol. The van der Waals surface area contributed by atoms with Crippen molar-refractivity contribution < 1.29 is 14.3 Å². The Morgan fingerprint density at radius 3 is 2.67 bits per heavy atom. The van der Waals surface area contributed by atoms with E-state index in [1.165, 1.54) is 4.68 Å². The molecular weight excluding hydrogens is 450 g/mol. The summed E-state index contributed by atoms with van der Waals surface area (Å²) >= 11 is 3.40. The van der Waals surface area contributed by atoms with Crippen molar-refractivity contribution in [1.82, 2.24) is 9.66 Å². The Hall–Kier alpha value is -3.00. The minimum absolute atomic E-state index is 0.143. The molecule has 8 heteroatoms. The molecule has 0 atom stereocenters. The summed E-state index contributed by atoms with van der Waals surface area (Å²) in [5.74, 6) is 0.741. The summed E-state index contributed by atoms with van der Waals surface area (Å²) in [5, 5.41) is 4.89. The van der Waals surface area contributed by atoms with Crippen LogP contribution in [0.25, 0.3) is 10.9 Å². The molecule has 0 saturated heterocycles. The number of rotatable bonds is 8. The predicted octanol–water partition coefficient (Wildman–Crippen LogP) is 3.94. The number of ether oxygens (including phenoxy) is 2. The highest BCUT2D eigenvalue weighted by Crippen LogP contribution is 2.17. The van der Waals surface area contributed by atoms with Crippen LogP contribution in [-0.4, -0.2) is 35.1 Å². The summed E-state index contributed by atoms with van der Waals surface area (Å²) in [6, 6.07) is 12.5. The van der Waals surface area contributed by atoms with Crippen LogP contribution in [0.2, 0.25) is 0 Å². The molecule has 0 radical (unpaired) electrons. The highest BCUT2D eigenvalue weighted by molar-refractivity contribution is 9.10. The van der Waals surface area contributed by atoms with E-state index < -0.39 is 5.97 Å². The molecular formula is C22H22BrN3O4. The van der Waals surface area contributed by atoms with E-state index in [4.69, 9.17) is 9.47 Å². The second-order valence-corrected chi connectivity index (χ2v) is 7.38. The van der Waals surface area contributed by atoms with E-state index in [0.717, 1.165) is 16.5 Å². The smallest absolute Gasteiger partial charge is 0.344 e. The summed E-state index contributed by atoms with van der Waals surface area (Å²) in [5.41, 5.74) is 1.22. The molecule has 1 aromatic heterocycles. The molecule has 0 aliphatic heterocycles. The first-order valence-electron chi connectivity index (χ1n) is 9.65. The molecule has 1 heterocycles. The van der Waals surface area contributed by atoms with Crippen LogP contribution < -0.4 is 10.3 Å². The molecule has 0 aliphatic rings. The highest BCUT2D eigenvalue weighted by atomic mass is 79.9. The van der Waals surface area contributed by atoms with Crippen molar-refractivity contribution in [3.63, 3.8) is 0 Å². The van der Waals surface area contributed by atoms with Gasteiger partial charge in [-0.25, -0.2) is 9.78 Å². The molecule has 0 unspecified atom stereocenters. The average Bonchev–Trinajstić information content (AvgIpc) is 2.74. The van der Waals surface area contributed by atoms with Crippen molar-refractivity contribution in [1.29, 1.82) is 0 Å². The maximum Gasteiger partial charge on any atom is 0.344 e. The van der Waals surface area contributed by atoms with Gasteiger partial charge in [0.25, 0.3) is 5.56 Å². The van der Waals surface area contributed by atoms with Gasteiger partial charge in [0.2, 0.25) is 0 Å². The molecule has 7 nitrogen and oxygen atoms in total. The van der Waals surface area contributed by atoms with E-state index in [1.807, 2.05) is 19.1 Å². The second-order valence-electron chi connectivity index (χ2n) is 6.46. The Balaban J connectivity index is 1.84. The fourth-order valence-electron chi connectivity index (χ4n) is 2.82. The van der Waals surface area contributed by atoms with Gasteiger partial charge in [0, 0.05) is 10.9 Å². The van der Waals surface area contributed by atoms with E-state index in [2.05, 4.69) is 26.0 Å². The molecule has 30 heavy (non-hydrogen) atoms. The Kier molecular flexibility index (Phi) is 7.35. The number of esters is 1. The molecule has 0 aliphatic carbocycles. The number of benzene rings is 2. The number of fused-ring (bicyclic) bond motifs is 1. The van der Waals surface area contributed by atoms with Crippen LogP contribution >= 0.6 is 15.9 Å². The van der Waals surface area contributed by atoms with Crippen LogP contribution in [0.3, 0.4) is 0 Å². The minimum atomic E-state index is -0.415. The van der Waals surface area contributed by atoms with E-state index in [-0.39, 0.29) is 12.2 Å². The zero-order chi connectivity index (χ0) is 21.5. The monoisotopic (exact) mass is 471 g/mol. The molecule has 0 amide bonds. The number of nitrogens with zero attached hydrogens (tertiary/aromatic N) is 3. The number of carbonyl (C=O) groups excluding carboxylic acids is 1. The van der Waals surface area contributed by atoms with E-state index >= 15 is 0 Å². The Morgan fingerprint density at radius 2 is 1.97 bits per heavy atom. The normalized spacial score (nSPS) is 11.2. The number of hydrogen-bond donors (Lipinski definition) is 0. The highest BCUT2D eigenvalue weighted by Gasteiger charge is 2.10. The van der Waals surface area contributed by atoms with E-state index in [9.17, 15) is 9.59 Å². The standard InChI is InChI=1S/C22H22BrN3O4/c1-3-5-20-25-19-11-8-16(23)12-18(19)22(28)26(20)24-13-15-6-9-17(10-7-15)30-14-21(27)29-4-2/h6-13H,3-5,14H2,1-2H3. The van der Waals surface area contributed by atoms with Crippen LogP contribution in [0, 0.1) is 0 Å². The average molecular weight is 472 g/mol. The van der Waals surface area contributed by atoms with Gasteiger partial charge >= 0.3 is 5.97 Å². The first-order valence-corrected chi connectivity index (χ1v) is 10.4. The first kappa shape index (κ1) is 21.7. The molecule has 0 saturated carbocycles. The third-order valence-electron chi connectivity index (χ3n) is 4.21. The van der Waals surface area contributed by atoms with Crippen LogP contribution in [-0.2, 0) is 16.0 Å². The van der Waals surface area contributed by atoms with Crippen molar-refractivity contribution in [3.05, 3.63) is 68.7 Å². The third-order valence-corrected chi connectivity index (χ3v) is 4.71. The van der Waals surface area contributed by atoms with E-state index in [1.54, 1.807) is 43.5 Å². The van der Waals surface area contributed by atoms with Crippen molar-refractivity contribution in [2.45, 2.75) is 26.7 Å². The summed E-state index contributed by atoms with van der Waals surface area (Å²) in [6.07, 6.45) is 3.08. The number of aryl methyl sites for hydroxylation is 1. The Bertz CT molecular complexity index is 1120. The lowest BCUT2D eigenvalue weighted by atomic mass is 10.2. The van der Waals surface area contributed by atoms with Crippen LogP contribution in [0.15, 0.2) is 56.8 Å². The zero-order valence-electron chi connectivity index (χ0n) is 16.8. The lowest BCUT2D eigenvalue weighted by Crippen LogP contribution is -2.22. The molecule has 0 fully saturated rings. The molecule has 2 aromatic carbocycles. The summed E-state index contributed by atoms with van der Waals surface area (Å²) < 4.78 is 12.4. The van der Waals surface area contributed by atoms with Crippen LogP contribution in [0.1, 0.15) is 31.7 Å². The second kappa shape index (κ2) is 10.2. The van der Waals surface area contributed by atoms with Crippen molar-refractivity contribution in [3.8, 4) is 5.75 Å². The number of halogens is 1. The van der Waals surface area contributed by atoms with Crippen LogP contribution in [0.5, 0.6) is 5.75 Å². The zero-order valence-corrected chi connectivity index (χ0v) is 18.4. The number of carbonyl (C=O) groups is 1. The molecule has 0 N–H and O–H groups in total. The lowest BCUT2D eigenvalue weighted by molar-refractivity contribution is -0.145. The molecule has 3 aromatic rings. The van der Waals surface area contributed by atoms with Gasteiger partial charge in [0.15, 0.2) is 6.61 Å². The summed E-state index contributed by atoms with van der Waals surface area (Å²) in [6.45, 7) is 3.95. The van der Waals surface area contributed by atoms with Gasteiger partial charge in [0.1, 0.15) is 11.6 Å².